The van der Waals surface area contributed by atoms with Crippen LogP contribution in [0, 0.1) is 0 Å². The van der Waals surface area contributed by atoms with Crippen LogP contribution in [0.3, 0.4) is 0 Å². The largest absolute Gasteiger partial charge is 0.0622 e. The fourth-order valence-electron chi connectivity index (χ4n) is 12.3. The van der Waals surface area contributed by atoms with Gasteiger partial charge in [0.05, 0.1) is 0 Å². The molecule has 0 aromatic heterocycles. The van der Waals surface area contributed by atoms with Crippen molar-refractivity contribution >= 4 is 32.3 Å². The lowest BCUT2D eigenvalue weighted by Crippen LogP contribution is -2.16. The summed E-state index contributed by atoms with van der Waals surface area (Å²) < 4.78 is 0. The summed E-state index contributed by atoms with van der Waals surface area (Å²) in [7, 11) is 0. The molecule has 0 heteroatoms. The van der Waals surface area contributed by atoms with Crippen molar-refractivity contribution in [3.05, 3.63) is 217 Å². The Labute approximate surface area is 425 Å². The summed E-state index contributed by atoms with van der Waals surface area (Å²) in [5.41, 5.74) is 27.2. The highest BCUT2D eigenvalue weighted by molar-refractivity contribution is 6.35. The third-order valence-corrected chi connectivity index (χ3v) is 16.0. The molecule has 72 heavy (non-hydrogen) atoms. The first-order valence-electron chi connectivity index (χ1n) is 25.9. The average molecular weight is 925 g/mol. The maximum absolute atomic E-state index is 2.51. The van der Waals surface area contributed by atoms with E-state index in [-0.39, 0.29) is 16.2 Å². The first-order chi connectivity index (χ1) is 34.6. The zero-order valence-corrected chi connectivity index (χ0v) is 43.1. The van der Waals surface area contributed by atoms with Crippen molar-refractivity contribution in [3.63, 3.8) is 0 Å². The highest BCUT2D eigenvalue weighted by Gasteiger charge is 2.38. The molecule has 0 saturated carbocycles. The molecule has 0 unspecified atom stereocenters. The van der Waals surface area contributed by atoms with Crippen LogP contribution in [0.5, 0.6) is 0 Å². The SMILES string of the molecule is CC(C)(C)c1cccc(-c2c3c(c(-c4cc(C(C)(C)C)cc(C(C)(C)C)c4)c4ccccc24)-c2ccc4c5c(ccc-3c25)-c2c-4c(-c3ccccc3)c3cc(-c4ccccc4)ccc3c2-c2ccccc2)c1. The lowest BCUT2D eigenvalue weighted by atomic mass is 9.76. The molecule has 2 aliphatic rings. The summed E-state index contributed by atoms with van der Waals surface area (Å²) in [5, 5.41) is 7.83. The van der Waals surface area contributed by atoms with Gasteiger partial charge in [0.15, 0.2) is 0 Å². The zero-order chi connectivity index (χ0) is 49.4. The topological polar surface area (TPSA) is 0 Å². The Balaban J connectivity index is 1.20. The van der Waals surface area contributed by atoms with Gasteiger partial charge in [0, 0.05) is 0 Å². The van der Waals surface area contributed by atoms with Gasteiger partial charge in [-0.05, 0) is 171 Å². The van der Waals surface area contributed by atoms with E-state index >= 15 is 0 Å². The molecule has 0 heterocycles. The van der Waals surface area contributed by atoms with E-state index in [0.717, 1.165) is 0 Å². The van der Waals surface area contributed by atoms with Gasteiger partial charge in [-0.15, -0.1) is 0 Å². The van der Waals surface area contributed by atoms with Crippen LogP contribution in [0.25, 0.3) is 132 Å². The smallest absolute Gasteiger partial charge is 0.000740 e. The second-order valence-electron chi connectivity index (χ2n) is 23.6. The molecule has 0 radical (unpaired) electrons. The Morgan fingerprint density at radius 2 is 0.569 bits per heavy atom. The lowest BCUT2D eigenvalue weighted by Gasteiger charge is -2.28. The van der Waals surface area contributed by atoms with E-state index in [4.69, 9.17) is 0 Å². The minimum atomic E-state index is -0.0437. The summed E-state index contributed by atoms with van der Waals surface area (Å²) in [6, 6.07) is 76.5. The zero-order valence-electron chi connectivity index (χ0n) is 43.1. The van der Waals surface area contributed by atoms with Crippen molar-refractivity contribution < 1.29 is 0 Å². The number of hydrogen-bond acceptors (Lipinski definition) is 0. The van der Waals surface area contributed by atoms with Crippen molar-refractivity contribution in [2.75, 3.05) is 0 Å². The van der Waals surface area contributed by atoms with E-state index in [2.05, 4.69) is 263 Å². The molecule has 0 bridgehead atoms. The maximum Gasteiger partial charge on any atom is -0.000740 e. The van der Waals surface area contributed by atoms with Gasteiger partial charge in [-0.1, -0.05) is 256 Å². The Morgan fingerprint density at radius 3 is 1.03 bits per heavy atom. The Hall–Kier alpha value is -7.80. The van der Waals surface area contributed by atoms with Gasteiger partial charge in [-0.2, -0.15) is 0 Å². The maximum atomic E-state index is 2.51. The third-order valence-electron chi connectivity index (χ3n) is 16.0. The fourth-order valence-corrected chi connectivity index (χ4v) is 12.3. The number of hydrogen-bond donors (Lipinski definition) is 0. The van der Waals surface area contributed by atoms with Gasteiger partial charge >= 0.3 is 0 Å². The summed E-state index contributed by atoms with van der Waals surface area (Å²) in [5.74, 6) is 0. The van der Waals surface area contributed by atoms with Gasteiger partial charge in [0.1, 0.15) is 0 Å². The van der Waals surface area contributed by atoms with E-state index in [1.54, 1.807) is 0 Å². The molecule has 348 valence electrons. The molecule has 0 fully saturated rings. The molecule has 2 aliphatic carbocycles. The van der Waals surface area contributed by atoms with E-state index in [0.29, 0.717) is 0 Å². The van der Waals surface area contributed by atoms with Crippen molar-refractivity contribution in [1.82, 2.24) is 0 Å². The van der Waals surface area contributed by atoms with Gasteiger partial charge in [-0.3, -0.25) is 0 Å². The van der Waals surface area contributed by atoms with Crippen molar-refractivity contribution in [3.8, 4) is 100 Å². The van der Waals surface area contributed by atoms with Gasteiger partial charge in [0.25, 0.3) is 0 Å². The Bertz CT molecular complexity index is 4000. The average Bonchev–Trinajstić information content (AvgIpc) is 3.89. The molecular formula is C72H60. The van der Waals surface area contributed by atoms with Crippen LogP contribution in [0.1, 0.15) is 79.0 Å². The molecule has 0 amide bonds. The molecule has 0 spiro atoms. The molecule has 0 saturated heterocycles. The second-order valence-corrected chi connectivity index (χ2v) is 23.6. The van der Waals surface area contributed by atoms with Crippen LogP contribution in [0.2, 0.25) is 0 Å². The molecule has 0 N–H and O–H groups in total. The summed E-state index contributed by atoms with van der Waals surface area (Å²) in [6.45, 7) is 21.2. The van der Waals surface area contributed by atoms with Crippen LogP contribution >= 0.6 is 0 Å². The molecule has 11 aromatic rings. The number of fused-ring (bicyclic) bond motifs is 8. The van der Waals surface area contributed by atoms with Crippen LogP contribution in [0.4, 0.5) is 0 Å². The Morgan fingerprint density at radius 1 is 0.208 bits per heavy atom. The third kappa shape index (κ3) is 6.72. The normalized spacial score (nSPS) is 12.8. The van der Waals surface area contributed by atoms with Gasteiger partial charge in [0.2, 0.25) is 0 Å². The van der Waals surface area contributed by atoms with E-state index in [9.17, 15) is 0 Å². The van der Waals surface area contributed by atoms with Crippen molar-refractivity contribution in [2.24, 2.45) is 0 Å². The summed E-state index contributed by atoms with van der Waals surface area (Å²) >= 11 is 0. The highest BCUT2D eigenvalue weighted by Crippen LogP contribution is 2.64. The predicted molar refractivity (Wildman–Crippen MR) is 311 cm³/mol. The van der Waals surface area contributed by atoms with Crippen LogP contribution in [-0.4, -0.2) is 0 Å². The quantitative estimate of drug-likeness (QED) is 0.161. The molecular weight excluding hydrogens is 865 g/mol. The second kappa shape index (κ2) is 15.9. The molecule has 13 rings (SSSR count). The predicted octanol–water partition coefficient (Wildman–Crippen LogP) is 20.7. The van der Waals surface area contributed by atoms with Crippen LogP contribution in [0.15, 0.2) is 200 Å². The first kappa shape index (κ1) is 44.2. The van der Waals surface area contributed by atoms with E-state index < -0.39 is 0 Å². The summed E-state index contributed by atoms with van der Waals surface area (Å²) in [4.78, 5) is 0. The molecule has 0 atom stereocenters. The van der Waals surface area contributed by atoms with E-state index in [1.165, 1.54) is 149 Å². The minimum Gasteiger partial charge on any atom is -0.0622 e. The molecule has 0 aliphatic heterocycles. The minimum absolute atomic E-state index is 0.0126. The van der Waals surface area contributed by atoms with Crippen LogP contribution in [-0.2, 0) is 16.2 Å². The number of benzene rings is 11. The monoisotopic (exact) mass is 924 g/mol. The van der Waals surface area contributed by atoms with E-state index in [1.807, 2.05) is 0 Å². The van der Waals surface area contributed by atoms with Crippen molar-refractivity contribution in [2.45, 2.75) is 78.6 Å². The van der Waals surface area contributed by atoms with Crippen LogP contribution < -0.4 is 0 Å². The Kier molecular flexibility index (Phi) is 9.72. The molecule has 0 nitrogen and oxygen atoms in total. The number of rotatable bonds is 5. The highest BCUT2D eigenvalue weighted by atomic mass is 14.4. The van der Waals surface area contributed by atoms with Gasteiger partial charge < -0.3 is 0 Å². The fraction of sp³-hybridized carbons (Fsp3) is 0.167. The van der Waals surface area contributed by atoms with Crippen molar-refractivity contribution in [1.29, 1.82) is 0 Å². The standard InChI is InChI=1S/C72H60/c1-70(2,3)49-29-21-28-47(38-49)62-52-30-19-20-31-53(52)63(48-39-50(71(4,5)6)42-51(40-48)72(7,8)9)69-58-37-35-56-64-55(34-36-57(65(58)64)68(62)69)66-60(44-24-15-11-16-25-44)54-33-32-46(43-22-13-10-14-23-43)41-59(54)61(67(56)66)45-26-17-12-18-27-45/h10-42H,1-9H3. The summed E-state index contributed by atoms with van der Waals surface area (Å²) in [6.07, 6.45) is 0. The molecule has 11 aromatic carbocycles. The van der Waals surface area contributed by atoms with Gasteiger partial charge in [-0.25, -0.2) is 0 Å². The first-order valence-corrected chi connectivity index (χ1v) is 25.9. The lowest BCUT2D eigenvalue weighted by molar-refractivity contribution is 0.569.